The second kappa shape index (κ2) is 5.27. The molecule has 0 fully saturated rings. The van der Waals surface area contributed by atoms with Crippen LogP contribution in [0.1, 0.15) is 26.3 Å². The standard InChI is InChI=1S/C12H20N2O2/c1-4-14(9-12(2,3)16)11-6-5-10(8-15)7-13-11/h5-7,15-16H,4,8-9H2,1-3H3. The van der Waals surface area contributed by atoms with Crippen molar-refractivity contribution in [3.05, 3.63) is 23.9 Å². The van der Waals surface area contributed by atoms with Gasteiger partial charge >= 0.3 is 0 Å². The minimum Gasteiger partial charge on any atom is -0.392 e. The number of nitrogens with zero attached hydrogens (tertiary/aromatic N) is 2. The average Bonchev–Trinajstić information content (AvgIpc) is 2.25. The summed E-state index contributed by atoms with van der Waals surface area (Å²) < 4.78 is 0. The molecular formula is C12H20N2O2. The first kappa shape index (κ1) is 12.9. The van der Waals surface area contributed by atoms with Crippen molar-refractivity contribution in [3.63, 3.8) is 0 Å². The van der Waals surface area contributed by atoms with E-state index in [4.69, 9.17) is 5.11 Å². The van der Waals surface area contributed by atoms with Gasteiger partial charge in [-0.1, -0.05) is 6.07 Å². The summed E-state index contributed by atoms with van der Waals surface area (Å²) in [5.74, 6) is 0.821. The number of anilines is 1. The molecule has 90 valence electrons. The first-order valence-electron chi connectivity index (χ1n) is 5.49. The second-order valence-corrected chi connectivity index (χ2v) is 4.51. The molecular weight excluding hydrogens is 204 g/mol. The van der Waals surface area contributed by atoms with Crippen LogP contribution in [0, 0.1) is 0 Å². The van der Waals surface area contributed by atoms with E-state index in [2.05, 4.69) is 4.98 Å². The van der Waals surface area contributed by atoms with E-state index in [0.29, 0.717) is 6.54 Å². The van der Waals surface area contributed by atoms with Crippen molar-refractivity contribution in [2.75, 3.05) is 18.0 Å². The van der Waals surface area contributed by atoms with Gasteiger partial charge in [-0.15, -0.1) is 0 Å². The molecule has 0 spiro atoms. The topological polar surface area (TPSA) is 56.6 Å². The highest BCUT2D eigenvalue weighted by molar-refractivity contribution is 5.39. The smallest absolute Gasteiger partial charge is 0.128 e. The third kappa shape index (κ3) is 3.79. The lowest BCUT2D eigenvalue weighted by molar-refractivity contribution is 0.0874. The quantitative estimate of drug-likeness (QED) is 0.788. The van der Waals surface area contributed by atoms with E-state index in [0.717, 1.165) is 17.9 Å². The van der Waals surface area contributed by atoms with Crippen LogP contribution in [-0.2, 0) is 6.61 Å². The summed E-state index contributed by atoms with van der Waals surface area (Å²) in [6.45, 7) is 6.90. The van der Waals surface area contributed by atoms with E-state index in [1.54, 1.807) is 20.0 Å². The molecule has 1 aromatic rings. The monoisotopic (exact) mass is 224 g/mol. The van der Waals surface area contributed by atoms with Crippen molar-refractivity contribution in [3.8, 4) is 0 Å². The first-order valence-corrected chi connectivity index (χ1v) is 5.49. The largest absolute Gasteiger partial charge is 0.392 e. The van der Waals surface area contributed by atoms with Crippen LogP contribution >= 0.6 is 0 Å². The third-order valence-electron chi connectivity index (χ3n) is 2.28. The van der Waals surface area contributed by atoms with Gasteiger partial charge < -0.3 is 15.1 Å². The predicted octanol–water partition coefficient (Wildman–Crippen LogP) is 1.17. The molecule has 0 saturated carbocycles. The lowest BCUT2D eigenvalue weighted by Crippen LogP contribution is -2.39. The molecule has 0 aliphatic carbocycles. The molecule has 2 N–H and O–H groups in total. The molecule has 0 aromatic carbocycles. The van der Waals surface area contributed by atoms with E-state index >= 15 is 0 Å². The maximum Gasteiger partial charge on any atom is 0.128 e. The maximum atomic E-state index is 9.77. The molecule has 1 rings (SSSR count). The minimum absolute atomic E-state index is 0.00486. The van der Waals surface area contributed by atoms with Crippen molar-refractivity contribution in [1.82, 2.24) is 4.98 Å². The van der Waals surface area contributed by atoms with E-state index in [-0.39, 0.29) is 6.61 Å². The SMILES string of the molecule is CCN(CC(C)(C)O)c1ccc(CO)cn1. The van der Waals surface area contributed by atoms with Gasteiger partial charge in [-0.2, -0.15) is 0 Å². The number of aliphatic hydroxyl groups excluding tert-OH is 1. The summed E-state index contributed by atoms with van der Waals surface area (Å²) in [7, 11) is 0. The first-order chi connectivity index (χ1) is 7.46. The molecule has 0 saturated heterocycles. The number of aliphatic hydroxyl groups is 2. The van der Waals surface area contributed by atoms with Crippen LogP contribution in [0.25, 0.3) is 0 Å². The van der Waals surface area contributed by atoms with Crippen molar-refractivity contribution < 1.29 is 10.2 Å². The molecule has 0 amide bonds. The highest BCUT2D eigenvalue weighted by atomic mass is 16.3. The normalized spacial score (nSPS) is 11.6. The zero-order valence-corrected chi connectivity index (χ0v) is 10.1. The molecule has 0 radical (unpaired) electrons. The van der Waals surface area contributed by atoms with Gasteiger partial charge in [0.25, 0.3) is 0 Å². The van der Waals surface area contributed by atoms with Gasteiger partial charge in [0.1, 0.15) is 5.82 Å². The molecule has 16 heavy (non-hydrogen) atoms. The fraction of sp³-hybridized carbons (Fsp3) is 0.583. The van der Waals surface area contributed by atoms with Crippen LogP contribution in [0.3, 0.4) is 0 Å². The van der Waals surface area contributed by atoms with Crippen molar-refractivity contribution >= 4 is 5.82 Å². The Kier molecular flexibility index (Phi) is 4.26. The lowest BCUT2D eigenvalue weighted by atomic mass is 10.1. The van der Waals surface area contributed by atoms with Gasteiger partial charge in [0.05, 0.1) is 12.2 Å². The van der Waals surface area contributed by atoms with E-state index in [1.807, 2.05) is 24.0 Å². The molecule has 4 heteroatoms. The maximum absolute atomic E-state index is 9.77. The van der Waals surface area contributed by atoms with Crippen LogP contribution in [0.4, 0.5) is 5.82 Å². The third-order valence-corrected chi connectivity index (χ3v) is 2.28. The Morgan fingerprint density at radius 1 is 1.38 bits per heavy atom. The number of hydrogen-bond donors (Lipinski definition) is 2. The summed E-state index contributed by atoms with van der Waals surface area (Å²) >= 11 is 0. The molecule has 0 unspecified atom stereocenters. The van der Waals surface area contributed by atoms with E-state index in [9.17, 15) is 5.11 Å². The summed E-state index contributed by atoms with van der Waals surface area (Å²) in [6, 6.07) is 3.70. The summed E-state index contributed by atoms with van der Waals surface area (Å²) in [5, 5.41) is 18.7. The summed E-state index contributed by atoms with van der Waals surface area (Å²) in [4.78, 5) is 6.26. The van der Waals surface area contributed by atoms with Gasteiger partial charge in [0, 0.05) is 19.3 Å². The molecule has 0 aliphatic heterocycles. The van der Waals surface area contributed by atoms with Gasteiger partial charge in [0.2, 0.25) is 0 Å². The van der Waals surface area contributed by atoms with Crippen LogP contribution in [0.5, 0.6) is 0 Å². The average molecular weight is 224 g/mol. The summed E-state index contributed by atoms with van der Waals surface area (Å²) in [5.41, 5.74) is 0.0518. The number of pyridine rings is 1. The highest BCUT2D eigenvalue weighted by Crippen LogP contribution is 2.14. The van der Waals surface area contributed by atoms with Crippen LogP contribution < -0.4 is 4.90 Å². The minimum atomic E-state index is -0.743. The van der Waals surface area contributed by atoms with E-state index < -0.39 is 5.60 Å². The number of rotatable bonds is 5. The Hall–Kier alpha value is -1.13. The van der Waals surface area contributed by atoms with Crippen molar-refractivity contribution in [2.45, 2.75) is 33.0 Å². The molecule has 0 bridgehead atoms. The second-order valence-electron chi connectivity index (χ2n) is 4.51. The zero-order chi connectivity index (χ0) is 12.2. The molecule has 0 aliphatic rings. The van der Waals surface area contributed by atoms with Gasteiger partial charge in [-0.25, -0.2) is 4.98 Å². The van der Waals surface area contributed by atoms with Gasteiger partial charge in [0.15, 0.2) is 0 Å². The van der Waals surface area contributed by atoms with Gasteiger partial charge in [-0.3, -0.25) is 0 Å². The molecule has 1 aromatic heterocycles. The lowest BCUT2D eigenvalue weighted by Gasteiger charge is -2.29. The van der Waals surface area contributed by atoms with Crippen molar-refractivity contribution in [2.24, 2.45) is 0 Å². The molecule has 0 atom stereocenters. The Balaban J connectivity index is 2.79. The fourth-order valence-corrected chi connectivity index (χ4v) is 1.52. The number of hydrogen-bond acceptors (Lipinski definition) is 4. The number of likely N-dealkylation sites (N-methyl/N-ethyl adjacent to an activating group) is 1. The highest BCUT2D eigenvalue weighted by Gasteiger charge is 2.18. The van der Waals surface area contributed by atoms with Crippen LogP contribution in [0.15, 0.2) is 18.3 Å². The van der Waals surface area contributed by atoms with Crippen LogP contribution in [-0.4, -0.2) is 33.9 Å². The van der Waals surface area contributed by atoms with Crippen molar-refractivity contribution in [1.29, 1.82) is 0 Å². The number of aromatic nitrogens is 1. The fourth-order valence-electron chi connectivity index (χ4n) is 1.52. The Bertz CT molecular complexity index is 317. The molecule has 1 heterocycles. The van der Waals surface area contributed by atoms with Gasteiger partial charge in [-0.05, 0) is 32.4 Å². The Morgan fingerprint density at radius 2 is 2.06 bits per heavy atom. The Morgan fingerprint density at radius 3 is 2.44 bits per heavy atom. The zero-order valence-electron chi connectivity index (χ0n) is 10.1. The Labute approximate surface area is 96.6 Å². The summed E-state index contributed by atoms with van der Waals surface area (Å²) in [6.07, 6.45) is 1.66. The van der Waals surface area contributed by atoms with Crippen LogP contribution in [0.2, 0.25) is 0 Å². The van der Waals surface area contributed by atoms with E-state index in [1.165, 1.54) is 0 Å². The molecule has 4 nitrogen and oxygen atoms in total. The predicted molar refractivity (Wildman–Crippen MR) is 64.3 cm³/mol.